The highest BCUT2D eigenvalue weighted by molar-refractivity contribution is 6.00. The molecule has 0 fully saturated rings. The summed E-state index contributed by atoms with van der Waals surface area (Å²) in [5.41, 5.74) is 6.80. The first-order valence-electron chi connectivity index (χ1n) is 12.3. The van der Waals surface area contributed by atoms with Gasteiger partial charge in [-0.25, -0.2) is 4.98 Å². The zero-order valence-corrected chi connectivity index (χ0v) is 21.0. The van der Waals surface area contributed by atoms with Crippen molar-refractivity contribution in [2.75, 3.05) is 13.7 Å². The van der Waals surface area contributed by atoms with Crippen LogP contribution in [0.3, 0.4) is 0 Å². The van der Waals surface area contributed by atoms with Crippen LogP contribution in [0.2, 0.25) is 0 Å². The van der Waals surface area contributed by atoms with Crippen LogP contribution in [0.25, 0.3) is 38.8 Å². The van der Waals surface area contributed by atoms with E-state index in [2.05, 4.69) is 46.7 Å². The predicted octanol–water partition coefficient (Wildman–Crippen LogP) is 6.58. The van der Waals surface area contributed by atoms with E-state index in [4.69, 9.17) is 9.15 Å². The number of allylic oxidation sites excluding steroid dienone is 1. The van der Waals surface area contributed by atoms with Crippen LogP contribution in [0.5, 0.6) is 5.75 Å². The normalized spacial score (nSPS) is 11.6. The van der Waals surface area contributed by atoms with Gasteiger partial charge in [-0.05, 0) is 41.7 Å². The number of amides is 1. The second kappa shape index (κ2) is 11.0. The lowest BCUT2D eigenvalue weighted by molar-refractivity contribution is -0.116. The van der Waals surface area contributed by atoms with Gasteiger partial charge in [-0.15, -0.1) is 0 Å². The number of carbonyl (C=O) groups excluding carboxylic acids is 1. The number of methoxy groups -OCH3 is 1. The van der Waals surface area contributed by atoms with Gasteiger partial charge in [-0.3, -0.25) is 4.79 Å². The van der Waals surface area contributed by atoms with Crippen LogP contribution >= 0.6 is 0 Å². The van der Waals surface area contributed by atoms with Crippen molar-refractivity contribution in [2.45, 2.75) is 19.9 Å². The van der Waals surface area contributed by atoms with Gasteiger partial charge in [-0.1, -0.05) is 54.6 Å². The minimum absolute atomic E-state index is 0.130. The van der Waals surface area contributed by atoms with E-state index in [1.807, 2.05) is 48.0 Å². The van der Waals surface area contributed by atoms with E-state index in [1.54, 1.807) is 32.0 Å². The maximum absolute atomic E-state index is 12.6. The third-order valence-electron chi connectivity index (χ3n) is 6.42. The quantitative estimate of drug-likeness (QED) is 0.187. The maximum atomic E-state index is 12.6. The number of hydrogen-bond acceptors (Lipinski definition) is 4. The van der Waals surface area contributed by atoms with E-state index in [0.717, 1.165) is 51.8 Å². The minimum atomic E-state index is -0.130. The van der Waals surface area contributed by atoms with Crippen molar-refractivity contribution in [2.24, 2.45) is 0 Å². The van der Waals surface area contributed by atoms with Gasteiger partial charge in [0.2, 0.25) is 5.91 Å². The highest BCUT2D eigenvalue weighted by atomic mass is 16.5. The van der Waals surface area contributed by atoms with Crippen LogP contribution in [0.15, 0.2) is 102 Å². The van der Waals surface area contributed by atoms with Gasteiger partial charge in [0.25, 0.3) is 0 Å². The van der Waals surface area contributed by atoms with E-state index < -0.39 is 0 Å². The molecule has 5 rings (SSSR count). The zero-order valence-electron chi connectivity index (χ0n) is 21.0. The number of benzene rings is 3. The number of hydrogen-bond donors (Lipinski definition) is 1. The van der Waals surface area contributed by atoms with E-state index in [0.29, 0.717) is 12.3 Å². The largest absolute Gasteiger partial charge is 0.496 e. The van der Waals surface area contributed by atoms with E-state index in [9.17, 15) is 4.79 Å². The molecule has 0 radical (unpaired) electrons. The number of ether oxygens (including phenoxy) is 1. The summed E-state index contributed by atoms with van der Waals surface area (Å²) in [6.45, 7) is 3.31. The first-order chi connectivity index (χ1) is 18.1. The molecule has 0 aliphatic carbocycles. The lowest BCUT2D eigenvalue weighted by Crippen LogP contribution is -2.23. The Hall–Kier alpha value is -4.58. The van der Waals surface area contributed by atoms with E-state index in [-0.39, 0.29) is 5.91 Å². The van der Waals surface area contributed by atoms with Crippen molar-refractivity contribution in [3.8, 4) is 28.0 Å². The molecule has 37 heavy (non-hydrogen) atoms. The van der Waals surface area contributed by atoms with E-state index >= 15 is 0 Å². The summed E-state index contributed by atoms with van der Waals surface area (Å²) in [5, 5.41) is 3.93. The Morgan fingerprint density at radius 2 is 1.81 bits per heavy atom. The summed E-state index contributed by atoms with van der Waals surface area (Å²) < 4.78 is 13.5. The zero-order chi connectivity index (χ0) is 25.6. The standard InChI is InChI=1S/C31H29N3O3/c1-22(17-31(35)33-13-6-15-34-16-14-32-21-34)26-18-27-28(20-37-30(27)19-29(26)36-2)25-11-9-24(10-12-25)23-7-4-3-5-8-23/h3-5,7-12,14,16-21H,6,13,15H2,1-2H3,(H,33,35)/b22-17+. The van der Waals surface area contributed by atoms with Crippen LogP contribution in [0, 0.1) is 0 Å². The molecule has 3 aromatic carbocycles. The number of nitrogens with one attached hydrogen (secondary N) is 1. The minimum Gasteiger partial charge on any atom is -0.496 e. The lowest BCUT2D eigenvalue weighted by Gasteiger charge is -2.10. The molecule has 0 aliphatic rings. The number of rotatable bonds is 9. The maximum Gasteiger partial charge on any atom is 0.244 e. The van der Waals surface area contributed by atoms with Crippen molar-refractivity contribution < 1.29 is 13.9 Å². The number of carbonyl (C=O) groups is 1. The van der Waals surface area contributed by atoms with Crippen molar-refractivity contribution in [3.05, 3.63) is 103 Å². The first kappa shape index (κ1) is 24.1. The average molecular weight is 492 g/mol. The summed E-state index contributed by atoms with van der Waals surface area (Å²) in [4.78, 5) is 16.6. The third-order valence-corrected chi connectivity index (χ3v) is 6.42. The van der Waals surface area contributed by atoms with Gasteiger partial charge in [0, 0.05) is 54.1 Å². The number of nitrogens with zero attached hydrogens (tertiary/aromatic N) is 2. The molecule has 0 atom stereocenters. The van der Waals surface area contributed by atoms with Crippen molar-refractivity contribution in [3.63, 3.8) is 0 Å². The van der Waals surface area contributed by atoms with Gasteiger partial charge in [0.05, 0.1) is 19.7 Å². The van der Waals surface area contributed by atoms with Gasteiger partial charge in [0.1, 0.15) is 11.3 Å². The Morgan fingerprint density at radius 3 is 2.54 bits per heavy atom. The number of furan rings is 1. The molecular formula is C31H29N3O3. The fraction of sp³-hybridized carbons (Fsp3) is 0.161. The molecule has 2 heterocycles. The second-order valence-corrected chi connectivity index (χ2v) is 8.91. The molecule has 0 saturated carbocycles. The Kier molecular flexibility index (Phi) is 7.17. The Morgan fingerprint density at radius 1 is 1.05 bits per heavy atom. The molecule has 0 unspecified atom stereocenters. The summed E-state index contributed by atoms with van der Waals surface area (Å²) in [5.74, 6) is 0.531. The molecule has 0 saturated heterocycles. The Labute approximate surface area is 216 Å². The molecular weight excluding hydrogens is 462 g/mol. The molecule has 1 N–H and O–H groups in total. The van der Waals surface area contributed by atoms with Crippen LogP contribution in [0.4, 0.5) is 0 Å². The van der Waals surface area contributed by atoms with Crippen LogP contribution in [-0.4, -0.2) is 29.1 Å². The van der Waals surface area contributed by atoms with E-state index in [1.165, 1.54) is 5.56 Å². The predicted molar refractivity (Wildman–Crippen MR) is 147 cm³/mol. The smallest absolute Gasteiger partial charge is 0.244 e. The average Bonchev–Trinajstić information content (AvgIpc) is 3.61. The van der Waals surface area contributed by atoms with Gasteiger partial charge in [-0.2, -0.15) is 0 Å². The summed E-state index contributed by atoms with van der Waals surface area (Å²) >= 11 is 0. The molecule has 1 amide bonds. The number of aryl methyl sites for hydroxylation is 1. The number of fused-ring (bicyclic) bond motifs is 1. The SMILES string of the molecule is COc1cc2occ(-c3ccc(-c4ccccc4)cc3)c2cc1/C(C)=C/C(=O)NCCCn1ccnc1. The topological polar surface area (TPSA) is 69.3 Å². The lowest BCUT2D eigenvalue weighted by atomic mass is 9.97. The Bertz CT molecular complexity index is 1520. The second-order valence-electron chi connectivity index (χ2n) is 8.91. The van der Waals surface area contributed by atoms with Gasteiger partial charge < -0.3 is 19.0 Å². The van der Waals surface area contributed by atoms with Crippen molar-refractivity contribution in [1.82, 2.24) is 14.9 Å². The molecule has 2 aromatic heterocycles. The Balaban J connectivity index is 1.36. The highest BCUT2D eigenvalue weighted by Crippen LogP contribution is 2.37. The fourth-order valence-electron chi connectivity index (χ4n) is 4.45. The molecule has 186 valence electrons. The molecule has 0 bridgehead atoms. The number of aromatic nitrogens is 2. The molecule has 0 spiro atoms. The van der Waals surface area contributed by atoms with Crippen LogP contribution in [-0.2, 0) is 11.3 Å². The summed E-state index contributed by atoms with van der Waals surface area (Å²) in [6, 6.07) is 22.7. The summed E-state index contributed by atoms with van der Waals surface area (Å²) in [7, 11) is 1.63. The van der Waals surface area contributed by atoms with Gasteiger partial charge in [0.15, 0.2) is 0 Å². The van der Waals surface area contributed by atoms with Gasteiger partial charge >= 0.3 is 0 Å². The van der Waals surface area contributed by atoms with Crippen molar-refractivity contribution in [1.29, 1.82) is 0 Å². The first-order valence-corrected chi connectivity index (χ1v) is 12.3. The molecule has 5 aromatic rings. The third kappa shape index (κ3) is 5.48. The molecule has 6 heteroatoms. The van der Waals surface area contributed by atoms with Crippen LogP contribution in [0.1, 0.15) is 18.9 Å². The van der Waals surface area contributed by atoms with Crippen LogP contribution < -0.4 is 10.1 Å². The molecule has 0 aliphatic heterocycles. The highest BCUT2D eigenvalue weighted by Gasteiger charge is 2.15. The fourth-order valence-corrected chi connectivity index (χ4v) is 4.45. The van der Waals surface area contributed by atoms with Crippen molar-refractivity contribution >= 4 is 22.4 Å². The summed E-state index contributed by atoms with van der Waals surface area (Å²) in [6.07, 6.45) is 9.66. The number of imidazole rings is 1. The monoisotopic (exact) mass is 491 g/mol. The molecule has 6 nitrogen and oxygen atoms in total.